The number of benzene rings is 2. The molecular weight excluding hydrogens is 262 g/mol. The average Bonchev–Trinajstić information content (AvgIpc) is 2.97. The molecule has 0 saturated heterocycles. The molecule has 21 heavy (non-hydrogen) atoms. The lowest BCUT2D eigenvalue weighted by atomic mass is 10.1. The third-order valence-corrected chi connectivity index (χ3v) is 3.10. The highest BCUT2D eigenvalue weighted by atomic mass is 16.2. The van der Waals surface area contributed by atoms with E-state index in [9.17, 15) is 4.79 Å². The van der Waals surface area contributed by atoms with E-state index in [2.05, 4.69) is 10.4 Å². The number of rotatable bonds is 4. The first kappa shape index (κ1) is 13.1. The third kappa shape index (κ3) is 3.36. The third-order valence-electron chi connectivity index (χ3n) is 3.10. The van der Waals surface area contributed by atoms with Crippen LogP contribution < -0.4 is 5.32 Å². The van der Waals surface area contributed by atoms with Crippen molar-refractivity contribution in [2.75, 3.05) is 5.32 Å². The lowest BCUT2D eigenvalue weighted by molar-refractivity contribution is -0.116. The van der Waals surface area contributed by atoms with E-state index < -0.39 is 0 Å². The number of anilines is 1. The van der Waals surface area contributed by atoms with Gasteiger partial charge in [-0.05, 0) is 17.7 Å². The first-order valence-electron chi connectivity index (χ1n) is 6.74. The number of para-hydroxylation sites is 1. The molecule has 0 unspecified atom stereocenters. The fourth-order valence-electron chi connectivity index (χ4n) is 2.10. The zero-order chi connectivity index (χ0) is 14.5. The molecule has 1 N–H and O–H groups in total. The summed E-state index contributed by atoms with van der Waals surface area (Å²) in [5, 5.41) is 7.07. The minimum atomic E-state index is -0.0936. The second-order valence-corrected chi connectivity index (χ2v) is 4.71. The fourth-order valence-corrected chi connectivity index (χ4v) is 2.10. The number of hydrogen-bond donors (Lipinski definition) is 1. The van der Waals surface area contributed by atoms with Gasteiger partial charge in [0.1, 0.15) is 6.54 Å². The molecule has 1 amide bonds. The first-order valence-corrected chi connectivity index (χ1v) is 6.74. The second kappa shape index (κ2) is 6.05. The van der Waals surface area contributed by atoms with E-state index in [1.54, 1.807) is 10.9 Å². The standard InChI is InChI=1S/C17H15N3O/c21-17(19-16-9-5-2-6-10-16)13-20-12-15(11-18-20)14-7-3-1-4-8-14/h1-12H,13H2,(H,19,21). The zero-order valence-electron chi connectivity index (χ0n) is 11.4. The van der Waals surface area contributed by atoms with Gasteiger partial charge in [0, 0.05) is 17.4 Å². The van der Waals surface area contributed by atoms with Crippen molar-refractivity contribution in [1.82, 2.24) is 9.78 Å². The summed E-state index contributed by atoms with van der Waals surface area (Å²) < 4.78 is 1.64. The summed E-state index contributed by atoms with van der Waals surface area (Å²) in [4.78, 5) is 12.0. The highest BCUT2D eigenvalue weighted by Gasteiger charge is 2.06. The lowest BCUT2D eigenvalue weighted by Crippen LogP contribution is -2.18. The molecule has 0 aliphatic rings. The number of nitrogens with zero attached hydrogens (tertiary/aromatic N) is 2. The Morgan fingerprint density at radius 3 is 2.33 bits per heavy atom. The summed E-state index contributed by atoms with van der Waals surface area (Å²) in [6.07, 6.45) is 3.64. The topological polar surface area (TPSA) is 46.9 Å². The maximum atomic E-state index is 12.0. The van der Waals surface area contributed by atoms with Crippen LogP contribution in [-0.2, 0) is 11.3 Å². The van der Waals surface area contributed by atoms with Gasteiger partial charge >= 0.3 is 0 Å². The lowest BCUT2D eigenvalue weighted by Gasteiger charge is -2.04. The molecule has 0 aliphatic carbocycles. The molecule has 4 nitrogen and oxygen atoms in total. The van der Waals surface area contributed by atoms with Crippen LogP contribution in [0.2, 0.25) is 0 Å². The number of carbonyl (C=O) groups is 1. The molecule has 0 spiro atoms. The van der Waals surface area contributed by atoms with Crippen molar-refractivity contribution >= 4 is 11.6 Å². The predicted octanol–water partition coefficient (Wildman–Crippen LogP) is 3.19. The molecule has 1 heterocycles. The normalized spacial score (nSPS) is 10.3. The van der Waals surface area contributed by atoms with E-state index in [1.807, 2.05) is 66.9 Å². The summed E-state index contributed by atoms with van der Waals surface area (Å²) in [6, 6.07) is 19.4. The van der Waals surface area contributed by atoms with Crippen LogP contribution in [0, 0.1) is 0 Å². The molecule has 3 rings (SSSR count). The van der Waals surface area contributed by atoms with Gasteiger partial charge < -0.3 is 5.32 Å². The molecule has 0 radical (unpaired) electrons. The Morgan fingerprint density at radius 1 is 0.952 bits per heavy atom. The van der Waals surface area contributed by atoms with E-state index in [0.717, 1.165) is 16.8 Å². The Labute approximate surface area is 123 Å². The molecule has 0 saturated carbocycles. The fraction of sp³-hybridized carbons (Fsp3) is 0.0588. The molecule has 2 aromatic carbocycles. The van der Waals surface area contributed by atoms with Crippen molar-refractivity contribution in [2.24, 2.45) is 0 Å². The second-order valence-electron chi connectivity index (χ2n) is 4.71. The van der Waals surface area contributed by atoms with Gasteiger partial charge in [-0.25, -0.2) is 0 Å². The van der Waals surface area contributed by atoms with Gasteiger partial charge in [0.25, 0.3) is 0 Å². The molecule has 0 fully saturated rings. The highest BCUT2D eigenvalue weighted by Crippen LogP contribution is 2.17. The van der Waals surface area contributed by atoms with Crippen LogP contribution in [0.5, 0.6) is 0 Å². The van der Waals surface area contributed by atoms with Crippen LogP contribution in [0.4, 0.5) is 5.69 Å². The minimum absolute atomic E-state index is 0.0936. The Kier molecular flexibility index (Phi) is 3.78. The molecular formula is C17H15N3O. The summed E-state index contributed by atoms with van der Waals surface area (Å²) >= 11 is 0. The van der Waals surface area contributed by atoms with Crippen LogP contribution in [0.15, 0.2) is 73.1 Å². The minimum Gasteiger partial charge on any atom is -0.324 e. The largest absolute Gasteiger partial charge is 0.324 e. The van der Waals surface area contributed by atoms with Crippen molar-refractivity contribution in [2.45, 2.75) is 6.54 Å². The molecule has 0 aliphatic heterocycles. The van der Waals surface area contributed by atoms with Crippen molar-refractivity contribution in [3.8, 4) is 11.1 Å². The Balaban J connectivity index is 1.66. The molecule has 3 aromatic rings. The van der Waals surface area contributed by atoms with Crippen molar-refractivity contribution in [1.29, 1.82) is 0 Å². The summed E-state index contributed by atoms with van der Waals surface area (Å²) in [6.45, 7) is 0.196. The number of carbonyl (C=O) groups excluding carboxylic acids is 1. The maximum Gasteiger partial charge on any atom is 0.246 e. The monoisotopic (exact) mass is 277 g/mol. The Bertz CT molecular complexity index is 720. The first-order chi connectivity index (χ1) is 10.3. The van der Waals surface area contributed by atoms with Crippen molar-refractivity contribution < 1.29 is 4.79 Å². The summed E-state index contributed by atoms with van der Waals surface area (Å²) in [5.74, 6) is -0.0936. The molecule has 4 heteroatoms. The van der Waals surface area contributed by atoms with E-state index in [4.69, 9.17) is 0 Å². The van der Waals surface area contributed by atoms with Gasteiger partial charge in [0.15, 0.2) is 0 Å². The van der Waals surface area contributed by atoms with E-state index in [1.165, 1.54) is 0 Å². The smallest absolute Gasteiger partial charge is 0.246 e. The van der Waals surface area contributed by atoms with Gasteiger partial charge in [-0.2, -0.15) is 5.10 Å². The van der Waals surface area contributed by atoms with Crippen LogP contribution in [0.25, 0.3) is 11.1 Å². The molecule has 104 valence electrons. The van der Waals surface area contributed by atoms with Gasteiger partial charge in [0.2, 0.25) is 5.91 Å². The van der Waals surface area contributed by atoms with E-state index >= 15 is 0 Å². The number of hydrogen-bond acceptors (Lipinski definition) is 2. The number of aromatic nitrogens is 2. The van der Waals surface area contributed by atoms with Crippen LogP contribution >= 0.6 is 0 Å². The average molecular weight is 277 g/mol. The van der Waals surface area contributed by atoms with Gasteiger partial charge in [-0.3, -0.25) is 9.48 Å². The molecule has 0 bridgehead atoms. The summed E-state index contributed by atoms with van der Waals surface area (Å²) in [5.41, 5.74) is 2.88. The van der Waals surface area contributed by atoms with Gasteiger partial charge in [0.05, 0.1) is 6.20 Å². The SMILES string of the molecule is O=C(Cn1cc(-c2ccccc2)cn1)Nc1ccccc1. The van der Waals surface area contributed by atoms with Crippen LogP contribution in [0.1, 0.15) is 0 Å². The molecule has 0 atom stereocenters. The molecule has 1 aromatic heterocycles. The van der Waals surface area contributed by atoms with E-state index in [0.29, 0.717) is 0 Å². The van der Waals surface area contributed by atoms with Gasteiger partial charge in [-0.15, -0.1) is 0 Å². The Hall–Kier alpha value is -2.88. The van der Waals surface area contributed by atoms with Crippen LogP contribution in [0.3, 0.4) is 0 Å². The number of amides is 1. The van der Waals surface area contributed by atoms with E-state index in [-0.39, 0.29) is 12.5 Å². The quantitative estimate of drug-likeness (QED) is 0.796. The Morgan fingerprint density at radius 2 is 1.62 bits per heavy atom. The predicted molar refractivity (Wildman–Crippen MR) is 82.7 cm³/mol. The van der Waals surface area contributed by atoms with Crippen LogP contribution in [-0.4, -0.2) is 15.7 Å². The van der Waals surface area contributed by atoms with Crippen molar-refractivity contribution in [3.63, 3.8) is 0 Å². The number of nitrogens with one attached hydrogen (secondary N) is 1. The van der Waals surface area contributed by atoms with Gasteiger partial charge in [-0.1, -0.05) is 48.5 Å². The summed E-state index contributed by atoms with van der Waals surface area (Å²) in [7, 11) is 0. The maximum absolute atomic E-state index is 12.0. The highest BCUT2D eigenvalue weighted by molar-refractivity contribution is 5.90. The zero-order valence-corrected chi connectivity index (χ0v) is 11.4. The van der Waals surface area contributed by atoms with Crippen molar-refractivity contribution in [3.05, 3.63) is 73.1 Å².